The number of imidazole rings is 1. The molecule has 37 heavy (non-hydrogen) atoms. The summed E-state index contributed by atoms with van der Waals surface area (Å²) in [5, 5.41) is 13.4. The number of carbonyl (C=O) groups is 1. The van der Waals surface area contributed by atoms with E-state index < -0.39 is 35.5 Å². The number of benzene rings is 2. The van der Waals surface area contributed by atoms with Crippen molar-refractivity contribution in [3.63, 3.8) is 0 Å². The number of anilines is 1. The SMILES string of the molecule is CC(C)(C)OC(=O)N1CCc2c(ccc(C(O)Nc3cn(Cc4cccc(C(F)(F)F)c4)cn3)c2F)C1. The summed E-state index contributed by atoms with van der Waals surface area (Å²) in [4.78, 5) is 18.0. The molecule has 0 aliphatic carbocycles. The molecule has 1 aromatic heterocycles. The minimum absolute atomic E-state index is 0.0249. The van der Waals surface area contributed by atoms with Crippen LogP contribution in [0.4, 0.5) is 28.2 Å². The van der Waals surface area contributed by atoms with Crippen molar-refractivity contribution in [3.8, 4) is 0 Å². The maximum Gasteiger partial charge on any atom is 0.416 e. The number of aliphatic hydroxyl groups excluding tert-OH is 1. The standard InChI is InChI=1S/C26H28F4N4O3/c1-25(2,3)37-24(36)34-10-9-19-17(13-34)7-8-20(22(19)27)23(35)32-21-14-33(15-31-21)12-16-5-4-6-18(11-16)26(28,29)30/h4-8,11,14-15,23,32,35H,9-10,12-13H2,1-3H3. The lowest BCUT2D eigenvalue weighted by Gasteiger charge is -2.32. The van der Waals surface area contributed by atoms with Crippen LogP contribution in [0.5, 0.6) is 0 Å². The molecule has 2 heterocycles. The van der Waals surface area contributed by atoms with Crippen molar-refractivity contribution in [1.82, 2.24) is 14.5 Å². The number of carbonyl (C=O) groups excluding carboxylic acids is 1. The van der Waals surface area contributed by atoms with E-state index in [9.17, 15) is 23.1 Å². The number of aliphatic hydroxyl groups is 1. The lowest BCUT2D eigenvalue weighted by Crippen LogP contribution is -2.40. The maximum atomic E-state index is 15.3. The highest BCUT2D eigenvalue weighted by atomic mass is 19.4. The first-order chi connectivity index (χ1) is 17.3. The van der Waals surface area contributed by atoms with Gasteiger partial charge in [0.25, 0.3) is 0 Å². The number of nitrogens with zero attached hydrogens (tertiary/aromatic N) is 3. The molecule has 1 atom stereocenters. The minimum atomic E-state index is -4.44. The predicted molar refractivity (Wildman–Crippen MR) is 128 cm³/mol. The van der Waals surface area contributed by atoms with Crippen molar-refractivity contribution in [2.45, 2.75) is 58.3 Å². The van der Waals surface area contributed by atoms with E-state index in [4.69, 9.17) is 4.74 Å². The number of hydrogen-bond donors (Lipinski definition) is 2. The summed E-state index contributed by atoms with van der Waals surface area (Å²) in [5.41, 5.74) is 0.139. The van der Waals surface area contributed by atoms with Gasteiger partial charge in [0.15, 0.2) is 6.23 Å². The summed E-state index contributed by atoms with van der Waals surface area (Å²) < 4.78 is 61.1. The Labute approximate surface area is 211 Å². The van der Waals surface area contributed by atoms with E-state index in [0.29, 0.717) is 16.7 Å². The lowest BCUT2D eigenvalue weighted by molar-refractivity contribution is -0.137. The number of amides is 1. The summed E-state index contributed by atoms with van der Waals surface area (Å²) in [6.45, 7) is 5.94. The van der Waals surface area contributed by atoms with E-state index in [2.05, 4.69) is 10.3 Å². The van der Waals surface area contributed by atoms with Gasteiger partial charge in [0.05, 0.1) is 11.9 Å². The average Bonchev–Trinajstić information content (AvgIpc) is 3.24. The first-order valence-corrected chi connectivity index (χ1v) is 11.7. The van der Waals surface area contributed by atoms with Gasteiger partial charge in [0.1, 0.15) is 17.2 Å². The van der Waals surface area contributed by atoms with Crippen LogP contribution < -0.4 is 5.32 Å². The summed E-state index contributed by atoms with van der Waals surface area (Å²) in [6, 6.07) is 8.09. The van der Waals surface area contributed by atoms with Gasteiger partial charge in [-0.05, 0) is 56.0 Å². The van der Waals surface area contributed by atoms with E-state index in [1.165, 1.54) is 29.6 Å². The van der Waals surface area contributed by atoms with Crippen molar-refractivity contribution in [2.75, 3.05) is 11.9 Å². The number of nitrogens with one attached hydrogen (secondary N) is 1. The quantitative estimate of drug-likeness (QED) is 0.344. The van der Waals surface area contributed by atoms with Crippen molar-refractivity contribution >= 4 is 11.9 Å². The van der Waals surface area contributed by atoms with Gasteiger partial charge in [-0.2, -0.15) is 13.2 Å². The molecule has 3 aromatic rings. The molecular formula is C26H28F4N4O3. The van der Waals surface area contributed by atoms with E-state index in [1.807, 2.05) is 0 Å². The average molecular weight is 521 g/mol. The summed E-state index contributed by atoms with van der Waals surface area (Å²) in [5.74, 6) is -0.336. The summed E-state index contributed by atoms with van der Waals surface area (Å²) in [7, 11) is 0. The fraction of sp³-hybridized carbons (Fsp3) is 0.385. The van der Waals surface area contributed by atoms with E-state index in [-0.39, 0.29) is 37.4 Å². The highest BCUT2D eigenvalue weighted by Crippen LogP contribution is 2.31. The Bertz CT molecular complexity index is 1280. The van der Waals surface area contributed by atoms with Crippen LogP contribution in [0.15, 0.2) is 48.9 Å². The Hall–Kier alpha value is -3.60. The van der Waals surface area contributed by atoms with Gasteiger partial charge in [-0.15, -0.1) is 0 Å². The zero-order valence-electron chi connectivity index (χ0n) is 20.6. The van der Waals surface area contributed by atoms with Gasteiger partial charge >= 0.3 is 12.3 Å². The maximum absolute atomic E-state index is 15.3. The number of ether oxygens (including phenoxy) is 1. The fourth-order valence-corrected chi connectivity index (χ4v) is 4.12. The van der Waals surface area contributed by atoms with Crippen LogP contribution in [0.25, 0.3) is 0 Å². The molecule has 1 amide bonds. The smallest absolute Gasteiger partial charge is 0.416 e. The Balaban J connectivity index is 1.42. The number of alkyl halides is 3. The number of halogens is 4. The van der Waals surface area contributed by atoms with Crippen LogP contribution in [0, 0.1) is 5.82 Å². The molecule has 11 heteroatoms. The van der Waals surface area contributed by atoms with Crippen LogP contribution in [0.1, 0.15) is 54.8 Å². The molecule has 198 valence electrons. The lowest BCUT2D eigenvalue weighted by atomic mass is 9.96. The Morgan fingerprint density at radius 3 is 2.68 bits per heavy atom. The second-order valence-electron chi connectivity index (χ2n) is 9.93. The number of fused-ring (bicyclic) bond motifs is 1. The van der Waals surface area contributed by atoms with E-state index in [1.54, 1.807) is 37.5 Å². The normalized spacial score (nSPS) is 14.8. The van der Waals surface area contributed by atoms with E-state index >= 15 is 4.39 Å². The number of aromatic nitrogens is 2. The third kappa shape index (κ3) is 6.40. The van der Waals surface area contributed by atoms with E-state index in [0.717, 1.165) is 12.1 Å². The zero-order chi connectivity index (χ0) is 27.0. The largest absolute Gasteiger partial charge is 0.444 e. The van der Waals surface area contributed by atoms with Crippen LogP contribution in [0.2, 0.25) is 0 Å². The molecule has 0 saturated heterocycles. The van der Waals surface area contributed by atoms with Crippen molar-refractivity contribution in [1.29, 1.82) is 0 Å². The van der Waals surface area contributed by atoms with Gasteiger partial charge in [-0.25, -0.2) is 14.2 Å². The van der Waals surface area contributed by atoms with Crippen LogP contribution >= 0.6 is 0 Å². The molecule has 7 nitrogen and oxygen atoms in total. The van der Waals surface area contributed by atoms with Gasteiger partial charge < -0.3 is 24.6 Å². The number of rotatable bonds is 5. The molecular weight excluding hydrogens is 492 g/mol. The topological polar surface area (TPSA) is 79.6 Å². The summed E-state index contributed by atoms with van der Waals surface area (Å²) >= 11 is 0. The summed E-state index contributed by atoms with van der Waals surface area (Å²) in [6.07, 6.45) is -3.12. The van der Waals surface area contributed by atoms with Crippen molar-refractivity contribution in [3.05, 3.63) is 82.6 Å². The fourth-order valence-electron chi connectivity index (χ4n) is 4.12. The minimum Gasteiger partial charge on any atom is -0.444 e. The van der Waals surface area contributed by atoms with Crippen LogP contribution in [0.3, 0.4) is 0 Å². The Kier molecular flexibility index (Phi) is 7.18. The van der Waals surface area contributed by atoms with Crippen molar-refractivity contribution < 1.29 is 32.2 Å². The molecule has 0 bridgehead atoms. The monoisotopic (exact) mass is 520 g/mol. The molecule has 0 spiro atoms. The Morgan fingerprint density at radius 2 is 1.97 bits per heavy atom. The second-order valence-corrected chi connectivity index (χ2v) is 9.93. The molecule has 1 unspecified atom stereocenters. The molecule has 2 N–H and O–H groups in total. The van der Waals surface area contributed by atoms with Gasteiger partial charge in [-0.1, -0.05) is 24.3 Å². The molecule has 0 radical (unpaired) electrons. The molecule has 0 saturated carbocycles. The van der Waals surface area contributed by atoms with Gasteiger partial charge in [-0.3, -0.25) is 0 Å². The Morgan fingerprint density at radius 1 is 1.22 bits per heavy atom. The predicted octanol–water partition coefficient (Wildman–Crippen LogP) is 5.49. The molecule has 1 aliphatic rings. The van der Waals surface area contributed by atoms with Gasteiger partial charge in [0.2, 0.25) is 0 Å². The van der Waals surface area contributed by atoms with Crippen molar-refractivity contribution in [2.24, 2.45) is 0 Å². The second kappa shape index (κ2) is 10.0. The first-order valence-electron chi connectivity index (χ1n) is 11.7. The third-order valence-corrected chi connectivity index (χ3v) is 5.85. The first kappa shape index (κ1) is 26.5. The van der Waals surface area contributed by atoms with Crippen LogP contribution in [-0.4, -0.2) is 37.8 Å². The molecule has 1 aliphatic heterocycles. The zero-order valence-corrected chi connectivity index (χ0v) is 20.6. The van der Waals surface area contributed by atoms with Gasteiger partial charge in [0, 0.05) is 31.4 Å². The highest BCUT2D eigenvalue weighted by Gasteiger charge is 2.31. The number of hydrogen-bond acceptors (Lipinski definition) is 5. The van der Waals surface area contributed by atoms with Crippen LogP contribution in [-0.2, 0) is 30.4 Å². The molecule has 2 aromatic carbocycles. The highest BCUT2D eigenvalue weighted by molar-refractivity contribution is 5.68. The third-order valence-electron chi connectivity index (χ3n) is 5.85. The molecule has 4 rings (SSSR count). The molecule has 0 fully saturated rings.